The fraction of sp³-hybridized carbons (Fsp3) is 0.133. The summed E-state index contributed by atoms with van der Waals surface area (Å²) in [7, 11) is 0. The number of hydrogen-bond acceptors (Lipinski definition) is 2. The van der Waals surface area contributed by atoms with Crippen molar-refractivity contribution >= 4 is 44.5 Å². The Balaban J connectivity index is 2.18. The summed E-state index contributed by atoms with van der Waals surface area (Å²) in [5, 5.41) is 0.663. The SMILES string of the molecule is CC(c1ccc(Br)cc1)n1c(N)nc2cccc(Cl)c21. The lowest BCUT2D eigenvalue weighted by Crippen LogP contribution is -2.10. The third-order valence-electron chi connectivity index (χ3n) is 3.43. The highest BCUT2D eigenvalue weighted by molar-refractivity contribution is 9.10. The first kappa shape index (κ1) is 13.5. The van der Waals surface area contributed by atoms with Crippen LogP contribution in [0.1, 0.15) is 18.5 Å². The number of aromatic nitrogens is 2. The van der Waals surface area contributed by atoms with Crippen molar-refractivity contribution in [2.45, 2.75) is 13.0 Å². The highest BCUT2D eigenvalue weighted by atomic mass is 79.9. The van der Waals surface area contributed by atoms with E-state index >= 15 is 0 Å². The maximum absolute atomic E-state index is 6.31. The Hall–Kier alpha value is -1.52. The van der Waals surface area contributed by atoms with Crippen molar-refractivity contribution in [3.8, 4) is 0 Å². The third-order valence-corrected chi connectivity index (χ3v) is 4.26. The molecular weight excluding hydrogens is 338 g/mol. The van der Waals surface area contributed by atoms with Gasteiger partial charge in [0.1, 0.15) is 0 Å². The largest absolute Gasteiger partial charge is 0.369 e. The number of para-hydroxylation sites is 1. The second-order valence-corrected chi connectivity index (χ2v) is 6.00. The second kappa shape index (κ2) is 5.11. The van der Waals surface area contributed by atoms with Crippen molar-refractivity contribution in [2.75, 3.05) is 5.73 Å². The van der Waals surface area contributed by atoms with Crippen molar-refractivity contribution < 1.29 is 0 Å². The van der Waals surface area contributed by atoms with Crippen molar-refractivity contribution in [2.24, 2.45) is 0 Å². The molecule has 102 valence electrons. The second-order valence-electron chi connectivity index (χ2n) is 4.68. The number of benzene rings is 2. The van der Waals surface area contributed by atoms with Crippen molar-refractivity contribution in [3.05, 3.63) is 57.5 Å². The maximum Gasteiger partial charge on any atom is 0.201 e. The topological polar surface area (TPSA) is 43.8 Å². The molecule has 0 aliphatic heterocycles. The molecule has 2 N–H and O–H groups in total. The van der Waals surface area contributed by atoms with Crippen LogP contribution < -0.4 is 5.73 Å². The Kier molecular flexibility index (Phi) is 3.44. The predicted molar refractivity (Wildman–Crippen MR) is 87.1 cm³/mol. The van der Waals surface area contributed by atoms with Crippen LogP contribution in [0.25, 0.3) is 11.0 Å². The van der Waals surface area contributed by atoms with Crippen LogP contribution >= 0.6 is 27.5 Å². The van der Waals surface area contributed by atoms with E-state index in [1.165, 1.54) is 0 Å². The number of imidazole rings is 1. The van der Waals surface area contributed by atoms with E-state index in [0.717, 1.165) is 21.1 Å². The summed E-state index contributed by atoms with van der Waals surface area (Å²) >= 11 is 9.75. The minimum Gasteiger partial charge on any atom is -0.369 e. The molecule has 1 atom stereocenters. The van der Waals surface area contributed by atoms with Crippen LogP contribution in [0.2, 0.25) is 5.02 Å². The first-order chi connectivity index (χ1) is 9.58. The summed E-state index contributed by atoms with van der Waals surface area (Å²) in [4.78, 5) is 4.39. The molecule has 2 aromatic carbocycles. The normalized spacial score (nSPS) is 12.8. The van der Waals surface area contributed by atoms with Crippen molar-refractivity contribution in [3.63, 3.8) is 0 Å². The number of rotatable bonds is 2. The molecule has 0 radical (unpaired) electrons. The van der Waals surface area contributed by atoms with Crippen LogP contribution in [-0.4, -0.2) is 9.55 Å². The number of fused-ring (bicyclic) bond motifs is 1. The summed E-state index contributed by atoms with van der Waals surface area (Å²) < 4.78 is 3.02. The summed E-state index contributed by atoms with van der Waals surface area (Å²) in [5.74, 6) is 0.475. The van der Waals surface area contributed by atoms with Gasteiger partial charge in [-0.2, -0.15) is 0 Å². The maximum atomic E-state index is 6.31. The molecule has 0 spiro atoms. The van der Waals surface area contributed by atoms with E-state index in [0.29, 0.717) is 11.0 Å². The van der Waals surface area contributed by atoms with Crippen LogP contribution in [0.3, 0.4) is 0 Å². The highest BCUT2D eigenvalue weighted by Crippen LogP contribution is 2.31. The zero-order chi connectivity index (χ0) is 14.3. The Morgan fingerprint density at radius 2 is 1.90 bits per heavy atom. The first-order valence-corrected chi connectivity index (χ1v) is 7.42. The van der Waals surface area contributed by atoms with Crippen LogP contribution in [0.4, 0.5) is 5.95 Å². The number of nitrogens with two attached hydrogens (primary N) is 1. The Bertz CT molecular complexity index is 765. The Morgan fingerprint density at radius 3 is 2.60 bits per heavy atom. The van der Waals surface area contributed by atoms with E-state index in [-0.39, 0.29) is 6.04 Å². The van der Waals surface area contributed by atoms with Crippen LogP contribution in [0, 0.1) is 0 Å². The average Bonchev–Trinajstić information content (AvgIpc) is 2.76. The standard InChI is InChI=1S/C15H13BrClN3/c1-9(10-5-7-11(16)8-6-10)20-14-12(17)3-2-4-13(14)19-15(20)18/h2-9H,1H3,(H2,18,19). The molecule has 1 unspecified atom stereocenters. The van der Waals surface area contributed by atoms with Gasteiger partial charge in [0.25, 0.3) is 0 Å². The van der Waals surface area contributed by atoms with Gasteiger partial charge in [-0.15, -0.1) is 0 Å². The minimum atomic E-state index is 0.0630. The number of hydrogen-bond donors (Lipinski definition) is 1. The first-order valence-electron chi connectivity index (χ1n) is 6.25. The molecule has 5 heteroatoms. The fourth-order valence-corrected chi connectivity index (χ4v) is 2.93. The number of nitrogens with zero attached hydrogens (tertiary/aromatic N) is 2. The molecular formula is C15H13BrClN3. The zero-order valence-corrected chi connectivity index (χ0v) is 13.2. The molecule has 3 rings (SSSR count). The van der Waals surface area contributed by atoms with Gasteiger partial charge in [-0.3, -0.25) is 0 Å². The van der Waals surface area contributed by atoms with Gasteiger partial charge in [-0.1, -0.05) is 45.7 Å². The molecule has 0 aliphatic rings. The minimum absolute atomic E-state index is 0.0630. The fourth-order valence-electron chi connectivity index (χ4n) is 2.41. The number of nitrogen functional groups attached to an aromatic ring is 1. The molecule has 0 bridgehead atoms. The quantitative estimate of drug-likeness (QED) is 0.731. The van der Waals surface area contributed by atoms with E-state index < -0.39 is 0 Å². The Morgan fingerprint density at radius 1 is 1.20 bits per heavy atom. The lowest BCUT2D eigenvalue weighted by molar-refractivity contribution is 0.668. The van der Waals surface area contributed by atoms with Crippen LogP contribution in [-0.2, 0) is 0 Å². The van der Waals surface area contributed by atoms with Gasteiger partial charge in [0, 0.05) is 4.47 Å². The average molecular weight is 351 g/mol. The van der Waals surface area contributed by atoms with E-state index in [2.05, 4.69) is 40.0 Å². The van der Waals surface area contributed by atoms with Gasteiger partial charge in [-0.25, -0.2) is 4.98 Å². The van der Waals surface area contributed by atoms with E-state index in [1.807, 2.05) is 34.9 Å². The molecule has 0 saturated carbocycles. The van der Waals surface area contributed by atoms with E-state index in [1.54, 1.807) is 0 Å². The van der Waals surface area contributed by atoms with Gasteiger partial charge >= 0.3 is 0 Å². The Labute approximate surface area is 130 Å². The van der Waals surface area contributed by atoms with Gasteiger partial charge in [0.15, 0.2) is 0 Å². The summed E-state index contributed by atoms with van der Waals surface area (Å²) in [6, 6.07) is 13.9. The van der Waals surface area contributed by atoms with E-state index in [9.17, 15) is 0 Å². The molecule has 0 saturated heterocycles. The lowest BCUT2D eigenvalue weighted by Gasteiger charge is -2.17. The molecule has 1 aromatic heterocycles. The smallest absolute Gasteiger partial charge is 0.201 e. The lowest BCUT2D eigenvalue weighted by atomic mass is 10.1. The van der Waals surface area contributed by atoms with Crippen LogP contribution in [0.15, 0.2) is 46.9 Å². The summed E-state index contributed by atoms with van der Waals surface area (Å²) in [6.07, 6.45) is 0. The summed E-state index contributed by atoms with van der Waals surface area (Å²) in [6.45, 7) is 2.09. The number of anilines is 1. The molecule has 0 aliphatic carbocycles. The van der Waals surface area contributed by atoms with Gasteiger partial charge in [0.05, 0.1) is 22.1 Å². The van der Waals surface area contributed by atoms with Gasteiger partial charge < -0.3 is 10.3 Å². The van der Waals surface area contributed by atoms with Gasteiger partial charge in [-0.05, 0) is 36.8 Å². The zero-order valence-electron chi connectivity index (χ0n) is 10.8. The molecule has 0 fully saturated rings. The van der Waals surface area contributed by atoms with Crippen molar-refractivity contribution in [1.29, 1.82) is 0 Å². The highest BCUT2D eigenvalue weighted by Gasteiger charge is 2.17. The predicted octanol–water partition coefficient (Wildman–Crippen LogP) is 4.64. The van der Waals surface area contributed by atoms with Crippen molar-refractivity contribution in [1.82, 2.24) is 9.55 Å². The van der Waals surface area contributed by atoms with Gasteiger partial charge in [0.2, 0.25) is 5.95 Å². The molecule has 3 nitrogen and oxygen atoms in total. The molecule has 3 aromatic rings. The van der Waals surface area contributed by atoms with E-state index in [4.69, 9.17) is 17.3 Å². The monoisotopic (exact) mass is 349 g/mol. The summed E-state index contributed by atoms with van der Waals surface area (Å²) in [5.41, 5.74) is 8.92. The number of halogens is 2. The molecule has 0 amide bonds. The molecule has 1 heterocycles. The van der Waals surface area contributed by atoms with Crippen LogP contribution in [0.5, 0.6) is 0 Å². The third kappa shape index (κ3) is 2.19. The molecule has 20 heavy (non-hydrogen) atoms.